The Bertz CT molecular complexity index is 740. The Hall–Kier alpha value is -1.11. The first-order chi connectivity index (χ1) is 9.90. The Balaban J connectivity index is 2.65. The lowest BCUT2D eigenvalue weighted by molar-refractivity contribution is 0.119. The van der Waals surface area contributed by atoms with Crippen molar-refractivity contribution in [2.45, 2.75) is 30.7 Å². The van der Waals surface area contributed by atoms with Crippen LogP contribution < -0.4 is 0 Å². The molecule has 0 bridgehead atoms. The van der Waals surface area contributed by atoms with Gasteiger partial charge in [0.15, 0.2) is 9.84 Å². The van der Waals surface area contributed by atoms with E-state index in [9.17, 15) is 8.42 Å². The topological polar surface area (TPSA) is 61.2 Å². The summed E-state index contributed by atoms with van der Waals surface area (Å²) < 4.78 is 31.2. The van der Waals surface area contributed by atoms with Gasteiger partial charge in [-0.2, -0.15) is 0 Å². The van der Waals surface area contributed by atoms with Crippen LogP contribution in [0.15, 0.2) is 23.1 Å². The fourth-order valence-corrected chi connectivity index (χ4v) is 3.40. The molecule has 116 valence electrons. The Morgan fingerprint density at radius 2 is 2.14 bits per heavy atom. The number of hydrogen-bond acceptors (Lipinski definition) is 4. The predicted molar refractivity (Wildman–Crippen MR) is 83.6 cm³/mol. The number of para-hydroxylation sites is 1. The van der Waals surface area contributed by atoms with Crippen LogP contribution in [0, 0.1) is 0 Å². The Morgan fingerprint density at radius 3 is 2.71 bits per heavy atom. The van der Waals surface area contributed by atoms with Crippen LogP contribution in [0.4, 0.5) is 0 Å². The van der Waals surface area contributed by atoms with E-state index < -0.39 is 9.84 Å². The van der Waals surface area contributed by atoms with Crippen molar-refractivity contribution in [3.63, 3.8) is 0 Å². The van der Waals surface area contributed by atoms with E-state index in [1.807, 2.05) is 24.5 Å². The molecular weight excluding hydrogens is 312 g/mol. The molecule has 0 radical (unpaired) electrons. The van der Waals surface area contributed by atoms with Crippen LogP contribution in [-0.2, 0) is 20.5 Å². The minimum Gasteiger partial charge on any atom is -0.380 e. The first-order valence-electron chi connectivity index (χ1n) is 6.73. The van der Waals surface area contributed by atoms with Gasteiger partial charge >= 0.3 is 0 Å². The highest BCUT2D eigenvalue weighted by Crippen LogP contribution is 2.27. The number of nitrogens with zero attached hydrogens (tertiary/aromatic N) is 2. The maximum atomic E-state index is 11.9. The quantitative estimate of drug-likeness (QED) is 0.764. The minimum absolute atomic E-state index is 0.0264. The molecule has 1 atom stereocenters. The summed E-state index contributed by atoms with van der Waals surface area (Å²) in [6.45, 7) is 5.08. The molecule has 21 heavy (non-hydrogen) atoms. The van der Waals surface area contributed by atoms with Crippen molar-refractivity contribution in [1.29, 1.82) is 0 Å². The largest absolute Gasteiger partial charge is 0.380 e. The van der Waals surface area contributed by atoms with E-state index in [0.29, 0.717) is 24.6 Å². The molecule has 5 nitrogen and oxygen atoms in total. The number of rotatable bonds is 6. The molecule has 0 saturated carbocycles. The van der Waals surface area contributed by atoms with E-state index in [4.69, 9.17) is 16.3 Å². The molecule has 0 fully saturated rings. The Morgan fingerprint density at radius 1 is 1.43 bits per heavy atom. The molecular formula is C14H19ClN2O3S. The summed E-state index contributed by atoms with van der Waals surface area (Å²) in [5.41, 5.74) is 1.24. The third-order valence-electron chi connectivity index (χ3n) is 3.28. The lowest BCUT2D eigenvalue weighted by Gasteiger charge is -2.16. The van der Waals surface area contributed by atoms with E-state index in [1.165, 1.54) is 6.26 Å². The van der Waals surface area contributed by atoms with Crippen molar-refractivity contribution in [2.24, 2.45) is 0 Å². The Kier molecular flexibility index (Phi) is 4.91. The molecule has 2 rings (SSSR count). The van der Waals surface area contributed by atoms with Crippen LogP contribution in [0.3, 0.4) is 0 Å². The summed E-state index contributed by atoms with van der Waals surface area (Å²) in [4.78, 5) is 4.65. The second kappa shape index (κ2) is 6.34. The van der Waals surface area contributed by atoms with Crippen LogP contribution in [-0.4, -0.2) is 37.4 Å². The van der Waals surface area contributed by atoms with Gasteiger partial charge in [-0.15, -0.1) is 11.6 Å². The van der Waals surface area contributed by atoms with Crippen LogP contribution in [0.5, 0.6) is 0 Å². The normalized spacial score (nSPS) is 13.7. The van der Waals surface area contributed by atoms with Crippen molar-refractivity contribution >= 4 is 32.5 Å². The van der Waals surface area contributed by atoms with Crippen molar-refractivity contribution < 1.29 is 13.2 Å². The van der Waals surface area contributed by atoms with Gasteiger partial charge in [0.1, 0.15) is 11.3 Å². The molecule has 0 amide bonds. The number of halogens is 1. The van der Waals surface area contributed by atoms with Crippen molar-refractivity contribution in [3.05, 3.63) is 24.0 Å². The van der Waals surface area contributed by atoms with Gasteiger partial charge in [0.05, 0.1) is 28.9 Å². The second-order valence-electron chi connectivity index (χ2n) is 4.94. The summed E-state index contributed by atoms with van der Waals surface area (Å²) in [7, 11) is -3.33. The monoisotopic (exact) mass is 330 g/mol. The molecule has 0 spiro atoms. The van der Waals surface area contributed by atoms with Crippen LogP contribution in [0.25, 0.3) is 11.0 Å². The third-order valence-corrected chi connectivity index (χ3v) is 4.65. The fraction of sp³-hybridized carbons (Fsp3) is 0.500. The van der Waals surface area contributed by atoms with Crippen molar-refractivity contribution in [1.82, 2.24) is 9.55 Å². The van der Waals surface area contributed by atoms with Gasteiger partial charge in [-0.25, -0.2) is 13.4 Å². The molecule has 0 aliphatic carbocycles. The number of sulfone groups is 1. The molecule has 1 unspecified atom stereocenters. The van der Waals surface area contributed by atoms with Crippen LogP contribution in [0.1, 0.15) is 25.7 Å². The predicted octanol–water partition coefficient (Wildman–Crippen LogP) is 2.78. The number of imidazole rings is 1. The highest BCUT2D eigenvalue weighted by Gasteiger charge is 2.20. The highest BCUT2D eigenvalue weighted by molar-refractivity contribution is 7.91. The maximum Gasteiger partial charge on any atom is 0.177 e. The van der Waals surface area contributed by atoms with E-state index in [2.05, 4.69) is 4.98 Å². The van der Waals surface area contributed by atoms with E-state index in [-0.39, 0.29) is 16.8 Å². The van der Waals surface area contributed by atoms with Gasteiger partial charge in [-0.05, 0) is 26.0 Å². The maximum absolute atomic E-state index is 11.9. The molecule has 0 aliphatic rings. The molecule has 0 saturated heterocycles. The van der Waals surface area contributed by atoms with Gasteiger partial charge in [-0.3, -0.25) is 0 Å². The summed E-state index contributed by atoms with van der Waals surface area (Å²) in [5.74, 6) is 0.865. The van der Waals surface area contributed by atoms with Gasteiger partial charge in [0.2, 0.25) is 0 Å². The molecule has 1 aromatic heterocycles. The molecule has 7 heteroatoms. The standard InChI is InChI=1S/C14H19ClN2O3S/c1-4-20-9-10(2)17-11-6-5-7-12(21(3,18)19)14(11)16-13(17)8-15/h5-7,10H,4,8-9H2,1-3H3. The minimum atomic E-state index is -3.33. The molecule has 0 N–H and O–H groups in total. The fourth-order valence-electron chi connectivity index (χ4n) is 2.39. The van der Waals surface area contributed by atoms with E-state index in [0.717, 1.165) is 5.52 Å². The number of aromatic nitrogens is 2. The second-order valence-corrected chi connectivity index (χ2v) is 7.19. The summed E-state index contributed by atoms with van der Waals surface area (Å²) >= 11 is 5.97. The zero-order chi connectivity index (χ0) is 15.6. The van der Waals surface area contributed by atoms with Gasteiger partial charge in [-0.1, -0.05) is 6.07 Å². The number of alkyl halides is 1. The van der Waals surface area contributed by atoms with E-state index in [1.54, 1.807) is 12.1 Å². The number of ether oxygens (including phenoxy) is 1. The summed E-state index contributed by atoms with van der Waals surface area (Å²) in [6, 6.07) is 5.18. The van der Waals surface area contributed by atoms with Gasteiger partial charge in [0, 0.05) is 12.9 Å². The summed E-state index contributed by atoms with van der Waals surface area (Å²) in [6.07, 6.45) is 1.19. The third kappa shape index (κ3) is 3.22. The highest BCUT2D eigenvalue weighted by atomic mass is 35.5. The zero-order valence-electron chi connectivity index (χ0n) is 12.3. The number of fused-ring (bicyclic) bond motifs is 1. The number of benzene rings is 1. The smallest absolute Gasteiger partial charge is 0.177 e. The van der Waals surface area contributed by atoms with Crippen LogP contribution in [0.2, 0.25) is 0 Å². The van der Waals surface area contributed by atoms with Crippen LogP contribution >= 0.6 is 11.6 Å². The first-order valence-corrected chi connectivity index (χ1v) is 9.16. The molecule has 1 heterocycles. The molecule has 2 aromatic rings. The van der Waals surface area contributed by atoms with Gasteiger partial charge in [0.25, 0.3) is 0 Å². The van der Waals surface area contributed by atoms with Crippen molar-refractivity contribution in [3.8, 4) is 0 Å². The average Bonchev–Trinajstić information content (AvgIpc) is 2.81. The lowest BCUT2D eigenvalue weighted by Crippen LogP contribution is -2.14. The molecule has 0 aliphatic heterocycles. The lowest BCUT2D eigenvalue weighted by atomic mass is 10.3. The average molecular weight is 331 g/mol. The SMILES string of the molecule is CCOCC(C)n1c(CCl)nc2c(S(C)(=O)=O)cccc21. The van der Waals surface area contributed by atoms with Crippen molar-refractivity contribution in [2.75, 3.05) is 19.5 Å². The van der Waals surface area contributed by atoms with E-state index >= 15 is 0 Å². The Labute approximate surface area is 129 Å². The molecule has 1 aromatic carbocycles. The number of hydrogen-bond donors (Lipinski definition) is 0. The first kappa shape index (κ1) is 16.3. The zero-order valence-corrected chi connectivity index (χ0v) is 13.9. The van der Waals surface area contributed by atoms with Gasteiger partial charge < -0.3 is 9.30 Å². The summed E-state index contributed by atoms with van der Waals surface area (Å²) in [5, 5.41) is 0.